The van der Waals surface area contributed by atoms with E-state index in [1.54, 1.807) is 4.31 Å². The molecule has 0 aromatic carbocycles. The molecule has 0 aromatic rings. The predicted molar refractivity (Wildman–Crippen MR) is 68.4 cm³/mol. The Labute approximate surface area is 107 Å². The zero-order valence-electron chi connectivity index (χ0n) is 9.86. The minimum Gasteiger partial charge on any atom is -0.378 e. The van der Waals surface area contributed by atoms with Gasteiger partial charge in [-0.05, 0) is 26.7 Å². The molecule has 4 nitrogen and oxygen atoms in total. The van der Waals surface area contributed by atoms with Crippen molar-refractivity contribution in [3.63, 3.8) is 0 Å². The first kappa shape index (κ1) is 14.4. The van der Waals surface area contributed by atoms with Crippen LogP contribution in [0.5, 0.6) is 0 Å². The summed E-state index contributed by atoms with van der Waals surface area (Å²) in [5.41, 5.74) is 0. The molecule has 1 saturated heterocycles. The molecule has 0 atom stereocenters. The van der Waals surface area contributed by atoms with Crippen LogP contribution in [-0.2, 0) is 14.8 Å². The number of halogens is 1. The van der Waals surface area contributed by atoms with Gasteiger partial charge in [0.15, 0.2) is 0 Å². The van der Waals surface area contributed by atoms with Gasteiger partial charge in [0.2, 0.25) is 10.0 Å². The van der Waals surface area contributed by atoms with Crippen LogP contribution in [0, 0.1) is 0 Å². The van der Waals surface area contributed by atoms with Crippen molar-refractivity contribution in [2.45, 2.75) is 37.6 Å². The van der Waals surface area contributed by atoms with E-state index in [0.717, 1.165) is 12.8 Å². The molecule has 1 fully saturated rings. The minimum absolute atomic E-state index is 0.0866. The molecule has 1 aliphatic rings. The summed E-state index contributed by atoms with van der Waals surface area (Å²) in [6, 6.07) is 0. The summed E-state index contributed by atoms with van der Waals surface area (Å²) in [5, 5.41) is 0. The summed E-state index contributed by atoms with van der Waals surface area (Å²) >= 11 is 3.51. The average molecular weight is 314 g/mol. The zero-order valence-corrected chi connectivity index (χ0v) is 12.3. The highest BCUT2D eigenvalue weighted by Gasteiger charge is 2.26. The Morgan fingerprint density at radius 3 is 2.44 bits per heavy atom. The lowest BCUT2D eigenvalue weighted by molar-refractivity contribution is 0.0906. The molecule has 0 bridgehead atoms. The molecular weight excluding hydrogens is 294 g/mol. The summed E-state index contributed by atoms with van der Waals surface area (Å²) in [5.74, 6) is 0.0954. The van der Waals surface area contributed by atoms with Gasteiger partial charge in [0.25, 0.3) is 0 Å². The molecule has 1 aliphatic heterocycles. The smallest absolute Gasteiger partial charge is 0.216 e. The molecule has 0 saturated carbocycles. The molecule has 0 aliphatic carbocycles. The second-order valence-electron chi connectivity index (χ2n) is 4.31. The predicted octanol–water partition coefficient (Wildman–Crippen LogP) is 1.60. The standard InChI is InChI=1S/C10H20BrNO3S/c1-9(2)15-7-8-16(13,14)12-5-3-10(11)4-6-12/h9-10H,3-8H2,1-2H3. The highest BCUT2D eigenvalue weighted by molar-refractivity contribution is 9.09. The van der Waals surface area contributed by atoms with Crippen LogP contribution in [0.3, 0.4) is 0 Å². The van der Waals surface area contributed by atoms with Gasteiger partial charge in [0, 0.05) is 17.9 Å². The van der Waals surface area contributed by atoms with Crippen molar-refractivity contribution in [1.82, 2.24) is 4.31 Å². The molecule has 1 heterocycles. The van der Waals surface area contributed by atoms with Crippen LogP contribution in [0.1, 0.15) is 26.7 Å². The Kier molecular flexibility index (Phi) is 5.70. The SMILES string of the molecule is CC(C)OCCS(=O)(=O)N1CCC(Br)CC1. The van der Waals surface area contributed by atoms with E-state index in [9.17, 15) is 8.42 Å². The monoisotopic (exact) mass is 313 g/mol. The average Bonchev–Trinajstić information content (AvgIpc) is 2.17. The number of hydrogen-bond donors (Lipinski definition) is 0. The maximum Gasteiger partial charge on any atom is 0.216 e. The van der Waals surface area contributed by atoms with E-state index in [2.05, 4.69) is 15.9 Å². The second kappa shape index (κ2) is 6.33. The number of rotatable bonds is 5. The Bertz CT molecular complexity index is 297. The second-order valence-corrected chi connectivity index (χ2v) is 7.69. The molecule has 0 radical (unpaired) electrons. The quantitative estimate of drug-likeness (QED) is 0.724. The summed E-state index contributed by atoms with van der Waals surface area (Å²) in [6.45, 7) is 5.35. The van der Waals surface area contributed by atoms with Crippen LogP contribution in [-0.4, -0.2) is 49.1 Å². The van der Waals surface area contributed by atoms with Gasteiger partial charge in [-0.2, -0.15) is 0 Å². The fraction of sp³-hybridized carbons (Fsp3) is 1.00. The first-order valence-electron chi connectivity index (χ1n) is 5.65. The van der Waals surface area contributed by atoms with Crippen molar-refractivity contribution in [3.8, 4) is 0 Å². The highest BCUT2D eigenvalue weighted by Crippen LogP contribution is 2.19. The van der Waals surface area contributed by atoms with E-state index in [-0.39, 0.29) is 18.5 Å². The molecule has 1 rings (SSSR count). The van der Waals surface area contributed by atoms with Gasteiger partial charge in [-0.3, -0.25) is 0 Å². The highest BCUT2D eigenvalue weighted by atomic mass is 79.9. The van der Waals surface area contributed by atoms with E-state index < -0.39 is 10.0 Å². The first-order valence-corrected chi connectivity index (χ1v) is 8.18. The Hall–Kier alpha value is 0.350. The van der Waals surface area contributed by atoms with Crippen molar-refractivity contribution in [1.29, 1.82) is 0 Å². The number of alkyl halides is 1. The Morgan fingerprint density at radius 2 is 1.94 bits per heavy atom. The van der Waals surface area contributed by atoms with E-state index in [1.165, 1.54) is 0 Å². The van der Waals surface area contributed by atoms with Gasteiger partial charge in [-0.25, -0.2) is 12.7 Å². The topological polar surface area (TPSA) is 46.6 Å². The fourth-order valence-corrected chi connectivity index (χ4v) is 3.36. The maximum atomic E-state index is 11.9. The molecule has 0 spiro atoms. The summed E-state index contributed by atoms with van der Waals surface area (Å²) in [7, 11) is -3.11. The molecule has 6 heteroatoms. The first-order chi connectivity index (χ1) is 7.42. The zero-order chi connectivity index (χ0) is 12.2. The lowest BCUT2D eigenvalue weighted by Gasteiger charge is -2.28. The van der Waals surface area contributed by atoms with E-state index >= 15 is 0 Å². The van der Waals surface area contributed by atoms with Gasteiger partial charge < -0.3 is 4.74 Å². The molecular formula is C10H20BrNO3S. The number of ether oxygens (including phenoxy) is 1. The van der Waals surface area contributed by atoms with Crippen molar-refractivity contribution in [2.75, 3.05) is 25.4 Å². The summed E-state index contributed by atoms with van der Waals surface area (Å²) in [6.07, 6.45) is 1.87. The number of piperidine rings is 1. The van der Waals surface area contributed by atoms with E-state index in [1.807, 2.05) is 13.8 Å². The van der Waals surface area contributed by atoms with Gasteiger partial charge in [0.1, 0.15) is 0 Å². The van der Waals surface area contributed by atoms with Crippen LogP contribution in [0.25, 0.3) is 0 Å². The lowest BCUT2D eigenvalue weighted by atomic mass is 10.2. The lowest BCUT2D eigenvalue weighted by Crippen LogP contribution is -2.40. The minimum atomic E-state index is -3.11. The number of hydrogen-bond acceptors (Lipinski definition) is 3. The summed E-state index contributed by atoms with van der Waals surface area (Å²) < 4.78 is 30.7. The van der Waals surface area contributed by atoms with Gasteiger partial charge in [-0.15, -0.1) is 0 Å². The third-order valence-corrected chi connectivity index (χ3v) is 5.32. The van der Waals surface area contributed by atoms with Crippen molar-refractivity contribution in [3.05, 3.63) is 0 Å². The molecule has 0 aromatic heterocycles. The van der Waals surface area contributed by atoms with Gasteiger partial charge >= 0.3 is 0 Å². The van der Waals surface area contributed by atoms with Crippen molar-refractivity contribution in [2.24, 2.45) is 0 Å². The third-order valence-electron chi connectivity index (χ3n) is 2.57. The van der Waals surface area contributed by atoms with Crippen LogP contribution in [0.2, 0.25) is 0 Å². The normalized spacial score (nSPS) is 20.5. The van der Waals surface area contributed by atoms with Crippen LogP contribution >= 0.6 is 15.9 Å². The van der Waals surface area contributed by atoms with Crippen LogP contribution in [0.15, 0.2) is 0 Å². The molecule has 0 unspecified atom stereocenters. The van der Waals surface area contributed by atoms with Crippen molar-refractivity contribution < 1.29 is 13.2 Å². The van der Waals surface area contributed by atoms with E-state index in [4.69, 9.17) is 4.74 Å². The Balaban J connectivity index is 2.38. The third kappa shape index (κ3) is 4.69. The number of sulfonamides is 1. The maximum absolute atomic E-state index is 11.9. The number of nitrogens with zero attached hydrogens (tertiary/aromatic N) is 1. The molecule has 0 amide bonds. The molecule has 0 N–H and O–H groups in total. The molecule has 16 heavy (non-hydrogen) atoms. The van der Waals surface area contributed by atoms with Gasteiger partial charge in [0.05, 0.1) is 18.5 Å². The van der Waals surface area contributed by atoms with Crippen LogP contribution < -0.4 is 0 Å². The van der Waals surface area contributed by atoms with E-state index in [0.29, 0.717) is 17.9 Å². The Morgan fingerprint density at radius 1 is 1.38 bits per heavy atom. The fourth-order valence-electron chi connectivity index (χ4n) is 1.62. The largest absolute Gasteiger partial charge is 0.378 e. The van der Waals surface area contributed by atoms with Gasteiger partial charge in [-0.1, -0.05) is 15.9 Å². The summed E-state index contributed by atoms with van der Waals surface area (Å²) in [4.78, 5) is 0.464. The van der Waals surface area contributed by atoms with Crippen molar-refractivity contribution >= 4 is 26.0 Å². The molecule has 96 valence electrons. The van der Waals surface area contributed by atoms with Crippen LogP contribution in [0.4, 0.5) is 0 Å².